The summed E-state index contributed by atoms with van der Waals surface area (Å²) in [7, 11) is 0. The lowest BCUT2D eigenvalue weighted by molar-refractivity contribution is 0.0943. The van der Waals surface area contributed by atoms with Gasteiger partial charge in [-0.2, -0.15) is 0 Å². The predicted octanol–water partition coefficient (Wildman–Crippen LogP) is 4.16. The van der Waals surface area contributed by atoms with Crippen LogP contribution in [0.25, 0.3) is 0 Å². The lowest BCUT2D eigenvalue weighted by Gasteiger charge is -2.17. The summed E-state index contributed by atoms with van der Waals surface area (Å²) in [6, 6.07) is 8.33. The van der Waals surface area contributed by atoms with Crippen LogP contribution in [0.1, 0.15) is 44.9 Å². The van der Waals surface area contributed by atoms with Gasteiger partial charge in [-0.3, -0.25) is 4.79 Å². The highest BCUT2D eigenvalue weighted by atomic mass is 32.1. The summed E-state index contributed by atoms with van der Waals surface area (Å²) in [5.41, 5.74) is 4.65. The molecule has 1 heterocycles. The molecule has 0 bridgehead atoms. The normalized spacial score (nSPS) is 12.2. The number of hydrogen-bond acceptors (Lipinski definition) is 2. The van der Waals surface area contributed by atoms with Crippen LogP contribution in [0.15, 0.2) is 29.6 Å². The van der Waals surface area contributed by atoms with Gasteiger partial charge in [-0.15, -0.1) is 11.3 Å². The van der Waals surface area contributed by atoms with Gasteiger partial charge in [0.15, 0.2) is 0 Å². The van der Waals surface area contributed by atoms with E-state index in [1.54, 1.807) is 0 Å². The number of hydrogen-bond donors (Lipinski definition) is 1. The Kier molecular flexibility index (Phi) is 4.05. The van der Waals surface area contributed by atoms with Crippen molar-refractivity contribution in [2.24, 2.45) is 0 Å². The number of rotatable bonds is 3. The van der Waals surface area contributed by atoms with E-state index in [4.69, 9.17) is 0 Å². The summed E-state index contributed by atoms with van der Waals surface area (Å²) in [6.07, 6.45) is 0. The SMILES string of the molecule is Cc1ccc(C)c(C(C)NC(=O)c2sccc2C)c1. The zero-order chi connectivity index (χ0) is 14.0. The zero-order valence-electron chi connectivity index (χ0n) is 11.8. The number of carbonyl (C=O) groups is 1. The summed E-state index contributed by atoms with van der Waals surface area (Å²) < 4.78 is 0. The Balaban J connectivity index is 2.17. The zero-order valence-corrected chi connectivity index (χ0v) is 12.6. The van der Waals surface area contributed by atoms with E-state index in [0.29, 0.717) is 0 Å². The second kappa shape index (κ2) is 5.57. The van der Waals surface area contributed by atoms with Crippen LogP contribution in [0, 0.1) is 20.8 Å². The first-order valence-corrected chi connectivity index (χ1v) is 7.29. The van der Waals surface area contributed by atoms with E-state index in [0.717, 1.165) is 10.4 Å². The molecular weight excluding hydrogens is 254 g/mol. The van der Waals surface area contributed by atoms with Crippen molar-refractivity contribution in [2.75, 3.05) is 0 Å². The molecule has 2 aromatic rings. The molecule has 0 aliphatic heterocycles. The summed E-state index contributed by atoms with van der Waals surface area (Å²) >= 11 is 1.49. The molecule has 0 fully saturated rings. The van der Waals surface area contributed by atoms with Gasteiger partial charge >= 0.3 is 0 Å². The van der Waals surface area contributed by atoms with Crippen LogP contribution < -0.4 is 5.32 Å². The molecule has 1 N–H and O–H groups in total. The topological polar surface area (TPSA) is 29.1 Å². The molecule has 0 aliphatic carbocycles. The van der Waals surface area contributed by atoms with Gasteiger partial charge < -0.3 is 5.32 Å². The maximum Gasteiger partial charge on any atom is 0.262 e. The van der Waals surface area contributed by atoms with Crippen molar-refractivity contribution >= 4 is 17.2 Å². The summed E-state index contributed by atoms with van der Waals surface area (Å²) in [5, 5.41) is 5.03. The first kappa shape index (κ1) is 13.8. The Hall–Kier alpha value is -1.61. The predicted molar refractivity (Wildman–Crippen MR) is 80.9 cm³/mol. The fraction of sp³-hybridized carbons (Fsp3) is 0.312. The van der Waals surface area contributed by atoms with Crippen LogP contribution in [0.2, 0.25) is 0 Å². The van der Waals surface area contributed by atoms with Crippen LogP contribution in [0.3, 0.4) is 0 Å². The fourth-order valence-corrected chi connectivity index (χ4v) is 3.00. The molecule has 100 valence electrons. The molecule has 0 radical (unpaired) electrons. The van der Waals surface area contributed by atoms with Crippen molar-refractivity contribution in [2.45, 2.75) is 33.7 Å². The van der Waals surface area contributed by atoms with Gasteiger partial charge in [0.2, 0.25) is 0 Å². The third kappa shape index (κ3) is 3.04. The van der Waals surface area contributed by atoms with E-state index in [2.05, 4.69) is 37.4 Å². The Morgan fingerprint density at radius 1 is 1.16 bits per heavy atom. The molecule has 0 saturated heterocycles. The van der Waals surface area contributed by atoms with E-state index >= 15 is 0 Å². The monoisotopic (exact) mass is 273 g/mol. The number of aryl methyl sites for hydroxylation is 3. The maximum absolute atomic E-state index is 12.2. The third-order valence-corrected chi connectivity index (χ3v) is 4.33. The standard InChI is InChI=1S/C16H19NOS/c1-10-5-6-11(2)14(9-10)13(4)17-16(18)15-12(3)7-8-19-15/h5-9,13H,1-4H3,(H,17,18). The first-order valence-electron chi connectivity index (χ1n) is 6.41. The number of thiophene rings is 1. The first-order chi connectivity index (χ1) is 8.99. The molecule has 0 aliphatic rings. The molecule has 1 aromatic heterocycles. The summed E-state index contributed by atoms with van der Waals surface area (Å²) in [4.78, 5) is 13.0. The lowest BCUT2D eigenvalue weighted by atomic mass is 10.00. The minimum Gasteiger partial charge on any atom is -0.345 e. The highest BCUT2D eigenvalue weighted by Crippen LogP contribution is 2.21. The van der Waals surface area contributed by atoms with Gasteiger partial charge in [0.05, 0.1) is 10.9 Å². The smallest absolute Gasteiger partial charge is 0.262 e. The van der Waals surface area contributed by atoms with E-state index in [9.17, 15) is 4.79 Å². The summed E-state index contributed by atoms with van der Waals surface area (Å²) in [6.45, 7) is 8.14. The average molecular weight is 273 g/mol. The lowest BCUT2D eigenvalue weighted by Crippen LogP contribution is -2.26. The third-order valence-electron chi connectivity index (χ3n) is 3.32. The molecule has 19 heavy (non-hydrogen) atoms. The summed E-state index contributed by atoms with van der Waals surface area (Å²) in [5.74, 6) is 0.0147. The van der Waals surface area contributed by atoms with Gasteiger partial charge in [-0.05, 0) is 55.8 Å². The van der Waals surface area contributed by atoms with E-state index in [1.165, 1.54) is 28.0 Å². The van der Waals surface area contributed by atoms with Crippen molar-refractivity contribution in [3.05, 3.63) is 56.8 Å². The fourth-order valence-electron chi connectivity index (χ4n) is 2.17. The van der Waals surface area contributed by atoms with E-state index in [1.807, 2.05) is 25.3 Å². The highest BCUT2D eigenvalue weighted by molar-refractivity contribution is 7.12. The molecule has 2 rings (SSSR count). The number of carbonyl (C=O) groups excluding carboxylic acids is 1. The van der Waals surface area contributed by atoms with E-state index in [-0.39, 0.29) is 11.9 Å². The molecule has 1 unspecified atom stereocenters. The van der Waals surface area contributed by atoms with Gasteiger partial charge in [-0.25, -0.2) is 0 Å². The van der Waals surface area contributed by atoms with Crippen molar-refractivity contribution in [3.8, 4) is 0 Å². The largest absolute Gasteiger partial charge is 0.345 e. The molecule has 1 aromatic carbocycles. The average Bonchev–Trinajstić information content (AvgIpc) is 2.78. The van der Waals surface area contributed by atoms with Crippen molar-refractivity contribution in [1.29, 1.82) is 0 Å². The van der Waals surface area contributed by atoms with Gasteiger partial charge in [-0.1, -0.05) is 23.8 Å². The molecule has 1 atom stereocenters. The van der Waals surface area contributed by atoms with Crippen molar-refractivity contribution < 1.29 is 4.79 Å². The molecule has 0 spiro atoms. The Morgan fingerprint density at radius 3 is 2.53 bits per heavy atom. The maximum atomic E-state index is 12.2. The van der Waals surface area contributed by atoms with Crippen molar-refractivity contribution in [3.63, 3.8) is 0 Å². The molecular formula is C16H19NOS. The van der Waals surface area contributed by atoms with Crippen LogP contribution in [0.5, 0.6) is 0 Å². The number of benzene rings is 1. The van der Waals surface area contributed by atoms with Gasteiger partial charge in [0.1, 0.15) is 0 Å². The van der Waals surface area contributed by atoms with Crippen LogP contribution in [0.4, 0.5) is 0 Å². The second-order valence-corrected chi connectivity index (χ2v) is 5.90. The number of nitrogens with one attached hydrogen (secondary N) is 1. The minimum absolute atomic E-state index is 0.0147. The van der Waals surface area contributed by atoms with Gasteiger partial charge in [0.25, 0.3) is 5.91 Å². The second-order valence-electron chi connectivity index (χ2n) is 4.99. The van der Waals surface area contributed by atoms with Crippen LogP contribution >= 0.6 is 11.3 Å². The molecule has 2 nitrogen and oxygen atoms in total. The minimum atomic E-state index is 0.0147. The molecule has 0 saturated carbocycles. The Labute approximate surface area is 118 Å². The quantitative estimate of drug-likeness (QED) is 0.893. The number of amides is 1. The van der Waals surface area contributed by atoms with E-state index < -0.39 is 0 Å². The van der Waals surface area contributed by atoms with Crippen molar-refractivity contribution in [1.82, 2.24) is 5.32 Å². The molecule has 1 amide bonds. The Morgan fingerprint density at radius 2 is 1.89 bits per heavy atom. The van der Waals surface area contributed by atoms with Crippen LogP contribution in [-0.2, 0) is 0 Å². The Bertz CT molecular complexity index is 601. The molecule has 3 heteroatoms. The highest BCUT2D eigenvalue weighted by Gasteiger charge is 2.15. The van der Waals surface area contributed by atoms with Gasteiger partial charge in [0, 0.05) is 0 Å². The van der Waals surface area contributed by atoms with Crippen LogP contribution in [-0.4, -0.2) is 5.91 Å².